The highest BCUT2D eigenvalue weighted by Crippen LogP contribution is 2.20. The molecule has 2 N–H and O–H groups in total. The van der Waals surface area contributed by atoms with Crippen molar-refractivity contribution in [2.45, 2.75) is 0 Å². The number of quaternary nitrogens is 2. The first-order chi connectivity index (χ1) is 16.7. The maximum Gasteiger partial charge on any atom is 0.164 e. The van der Waals surface area contributed by atoms with E-state index in [1.807, 2.05) is 60.7 Å². The molecular formula is C26H26N2O6. The van der Waals surface area contributed by atoms with Gasteiger partial charge in [0.25, 0.3) is 0 Å². The molecule has 2 unspecified atom stereocenters. The topological polar surface area (TPSA) is 91.9 Å². The summed E-state index contributed by atoms with van der Waals surface area (Å²) in [7, 11) is 0. The van der Waals surface area contributed by atoms with Gasteiger partial charge in [0.2, 0.25) is 0 Å². The fourth-order valence-electron chi connectivity index (χ4n) is 3.29. The lowest BCUT2D eigenvalue weighted by atomic mass is 10.1. The maximum absolute atomic E-state index is 12.4. The molecule has 4 aromatic carbocycles. The van der Waals surface area contributed by atoms with Gasteiger partial charge in [-0.05, 0) is 47.2 Å². The molecule has 0 aliphatic heterocycles. The summed E-state index contributed by atoms with van der Waals surface area (Å²) in [4.78, 5) is 10.6. The highest BCUT2D eigenvalue weighted by molar-refractivity contribution is 5.86. The molecule has 8 nitrogen and oxygen atoms in total. The molecule has 0 fully saturated rings. The van der Waals surface area contributed by atoms with Crippen molar-refractivity contribution < 1.29 is 29.6 Å². The van der Waals surface area contributed by atoms with Crippen LogP contribution >= 0.6 is 0 Å². The summed E-state index contributed by atoms with van der Waals surface area (Å²) in [5, 5.41) is 25.5. The van der Waals surface area contributed by atoms with Crippen molar-refractivity contribution in [3.05, 3.63) is 107 Å². The third kappa shape index (κ3) is 6.75. The van der Waals surface area contributed by atoms with Crippen molar-refractivity contribution in [2.75, 3.05) is 26.4 Å². The van der Waals surface area contributed by atoms with Crippen LogP contribution in [0.1, 0.15) is 0 Å². The second-order valence-corrected chi connectivity index (χ2v) is 7.37. The van der Waals surface area contributed by atoms with E-state index in [-0.39, 0.29) is 26.4 Å². The summed E-state index contributed by atoms with van der Waals surface area (Å²) in [5.74, 6) is 1.45. The van der Waals surface area contributed by atoms with Crippen LogP contribution in [0.3, 0.4) is 0 Å². The number of fused-ring (bicyclic) bond motifs is 1. The minimum absolute atomic E-state index is 0.143. The van der Waals surface area contributed by atoms with Gasteiger partial charge in [0.1, 0.15) is 37.9 Å². The molecule has 0 heterocycles. The Hall–Kier alpha value is -3.50. The fraction of sp³-hybridized carbons (Fsp3) is 0.154. The number of hydrogen-bond acceptors (Lipinski definition) is 6. The summed E-state index contributed by atoms with van der Waals surface area (Å²) >= 11 is 0. The first-order valence-electron chi connectivity index (χ1n) is 10.9. The van der Waals surface area contributed by atoms with Crippen LogP contribution in [0, 0.1) is 10.4 Å². The zero-order valence-electron chi connectivity index (χ0n) is 18.5. The molecular weight excluding hydrogens is 436 g/mol. The Morgan fingerprint density at radius 1 is 0.500 bits per heavy atom. The van der Waals surface area contributed by atoms with Gasteiger partial charge in [0.15, 0.2) is 11.4 Å². The van der Waals surface area contributed by atoms with Gasteiger partial charge in [-0.25, -0.2) is 0 Å². The summed E-state index contributed by atoms with van der Waals surface area (Å²) in [6, 6.07) is 29.1. The average molecular weight is 463 g/mol. The Balaban J connectivity index is 1.26. The minimum Gasteiger partial charge on any atom is -0.595 e. The van der Waals surface area contributed by atoms with E-state index in [1.165, 1.54) is 0 Å². The SMILES string of the molecule is [O-][NH+](OCCOc1ccccc1)c1ccc2cc([NH+]([O-])OCCOc3ccccc3)ccc2c1. The van der Waals surface area contributed by atoms with Crippen LogP contribution in [0.5, 0.6) is 11.5 Å². The van der Waals surface area contributed by atoms with Crippen LogP contribution in [-0.4, -0.2) is 26.4 Å². The largest absolute Gasteiger partial charge is 0.595 e. The van der Waals surface area contributed by atoms with E-state index >= 15 is 0 Å². The smallest absolute Gasteiger partial charge is 0.164 e. The van der Waals surface area contributed by atoms with E-state index in [0.29, 0.717) is 11.4 Å². The quantitative estimate of drug-likeness (QED) is 0.249. The standard InChI is InChI=1S/C26H26N2O6/c29-27(33-17-15-31-25-7-3-1-4-8-25)23-13-11-22-20-24(14-12-21(22)19-23)28(30)34-18-16-32-26-9-5-2-6-10-26/h1-14,19-20,27-28H,15-18H2. The van der Waals surface area contributed by atoms with E-state index in [1.54, 1.807) is 36.4 Å². The lowest BCUT2D eigenvalue weighted by Gasteiger charge is -2.21. The van der Waals surface area contributed by atoms with Gasteiger partial charge in [-0.1, -0.05) is 36.4 Å². The highest BCUT2D eigenvalue weighted by atomic mass is 16.9. The molecule has 176 valence electrons. The van der Waals surface area contributed by atoms with Gasteiger partial charge in [-0.15, -0.1) is 0 Å². The summed E-state index contributed by atoms with van der Waals surface area (Å²) in [5.41, 5.74) is 0.862. The zero-order valence-corrected chi connectivity index (χ0v) is 18.5. The molecule has 4 rings (SSSR count). The average Bonchev–Trinajstić information content (AvgIpc) is 2.89. The minimum atomic E-state index is -0.430. The molecule has 0 aliphatic rings. The number of nitrogens with one attached hydrogen (secondary N) is 2. The van der Waals surface area contributed by atoms with Gasteiger partial charge in [0.05, 0.1) is 0 Å². The van der Waals surface area contributed by atoms with Gasteiger partial charge in [-0.2, -0.15) is 20.1 Å². The third-order valence-corrected chi connectivity index (χ3v) is 4.97. The van der Waals surface area contributed by atoms with E-state index in [0.717, 1.165) is 22.3 Å². The zero-order chi connectivity index (χ0) is 23.6. The molecule has 0 spiro atoms. The predicted octanol–water partition coefficient (Wildman–Crippen LogP) is 2.89. The number of benzene rings is 4. The Labute approximate surface area is 197 Å². The molecule has 2 atom stereocenters. The van der Waals surface area contributed by atoms with Crippen molar-refractivity contribution in [1.82, 2.24) is 0 Å². The molecule has 0 saturated carbocycles. The van der Waals surface area contributed by atoms with Crippen molar-refractivity contribution in [3.8, 4) is 11.5 Å². The summed E-state index contributed by atoms with van der Waals surface area (Å²) < 4.78 is 11.1. The third-order valence-electron chi connectivity index (χ3n) is 4.97. The molecule has 0 aliphatic carbocycles. The fourth-order valence-corrected chi connectivity index (χ4v) is 3.29. The molecule has 8 heteroatoms. The summed E-state index contributed by atoms with van der Waals surface area (Å²) in [6.07, 6.45) is 0. The molecule has 0 radical (unpaired) electrons. The molecule has 0 aromatic heterocycles. The molecule has 0 amide bonds. The predicted molar refractivity (Wildman–Crippen MR) is 128 cm³/mol. The lowest BCUT2D eigenvalue weighted by Crippen LogP contribution is -3.01. The van der Waals surface area contributed by atoms with Gasteiger partial charge < -0.3 is 19.9 Å². The Morgan fingerprint density at radius 2 is 0.912 bits per heavy atom. The second kappa shape index (κ2) is 12.1. The van der Waals surface area contributed by atoms with Crippen molar-refractivity contribution in [1.29, 1.82) is 0 Å². The monoisotopic (exact) mass is 462 g/mol. The Bertz CT molecular complexity index is 1070. The van der Waals surface area contributed by atoms with Crippen LogP contribution in [-0.2, 0) is 9.68 Å². The van der Waals surface area contributed by atoms with Crippen molar-refractivity contribution in [2.24, 2.45) is 0 Å². The molecule has 0 saturated heterocycles. The second-order valence-electron chi connectivity index (χ2n) is 7.37. The van der Waals surface area contributed by atoms with Crippen LogP contribution in [0.25, 0.3) is 10.8 Å². The molecule has 34 heavy (non-hydrogen) atoms. The Kier molecular flexibility index (Phi) is 8.42. The normalized spacial score (nSPS) is 12.9. The van der Waals surface area contributed by atoms with Crippen molar-refractivity contribution >= 4 is 22.1 Å². The van der Waals surface area contributed by atoms with E-state index in [2.05, 4.69) is 0 Å². The maximum atomic E-state index is 12.4. The lowest BCUT2D eigenvalue weighted by molar-refractivity contribution is -0.997. The van der Waals surface area contributed by atoms with E-state index in [9.17, 15) is 10.4 Å². The first-order valence-corrected chi connectivity index (χ1v) is 10.9. The summed E-state index contributed by atoms with van der Waals surface area (Å²) in [6.45, 7) is 0.825. The van der Waals surface area contributed by atoms with Crippen LogP contribution in [0.15, 0.2) is 97.1 Å². The highest BCUT2D eigenvalue weighted by Gasteiger charge is 2.10. The first kappa shape index (κ1) is 23.7. The van der Waals surface area contributed by atoms with Crippen LogP contribution in [0.2, 0.25) is 0 Å². The molecule has 0 bridgehead atoms. The number of rotatable bonds is 12. The number of para-hydroxylation sites is 2. The number of ether oxygens (including phenoxy) is 2. The Morgan fingerprint density at radius 3 is 1.32 bits per heavy atom. The van der Waals surface area contributed by atoms with E-state index in [4.69, 9.17) is 19.1 Å². The van der Waals surface area contributed by atoms with Gasteiger partial charge in [0, 0.05) is 24.3 Å². The van der Waals surface area contributed by atoms with Gasteiger partial charge >= 0.3 is 0 Å². The molecule has 4 aromatic rings. The van der Waals surface area contributed by atoms with Crippen LogP contribution < -0.4 is 19.9 Å². The van der Waals surface area contributed by atoms with Gasteiger partial charge in [-0.3, -0.25) is 0 Å². The van der Waals surface area contributed by atoms with Crippen LogP contribution in [0.4, 0.5) is 11.4 Å². The number of hydrogen-bond donors (Lipinski definition) is 2. The van der Waals surface area contributed by atoms with E-state index < -0.39 is 10.5 Å². The van der Waals surface area contributed by atoms with Crippen molar-refractivity contribution in [3.63, 3.8) is 0 Å².